The van der Waals surface area contributed by atoms with E-state index in [1.165, 1.54) is 25.3 Å². The zero-order valence-electron chi connectivity index (χ0n) is 19.6. The van der Waals surface area contributed by atoms with E-state index in [0.717, 1.165) is 24.0 Å². The highest BCUT2D eigenvalue weighted by Gasteiger charge is 2.32. The molecule has 1 aliphatic carbocycles. The first-order valence-electron chi connectivity index (χ1n) is 11.7. The molecule has 7 heteroatoms. The number of rotatable bonds is 5. The second-order valence-corrected chi connectivity index (χ2v) is 8.99. The van der Waals surface area contributed by atoms with Crippen molar-refractivity contribution in [3.63, 3.8) is 0 Å². The number of phenols is 2. The largest absolute Gasteiger partial charge is 0.507 e. The molecular formula is C27H30N2O5. The van der Waals surface area contributed by atoms with Crippen molar-refractivity contribution in [2.75, 3.05) is 11.9 Å². The molecule has 3 N–H and O–H groups in total. The highest BCUT2D eigenvalue weighted by atomic mass is 16.5. The molecule has 2 aliphatic rings. The molecule has 1 fully saturated rings. The average molecular weight is 463 g/mol. The van der Waals surface area contributed by atoms with Crippen molar-refractivity contribution in [2.24, 2.45) is 5.92 Å². The predicted molar refractivity (Wildman–Crippen MR) is 129 cm³/mol. The van der Waals surface area contributed by atoms with Crippen LogP contribution < -0.4 is 10.1 Å². The summed E-state index contributed by atoms with van der Waals surface area (Å²) in [6.45, 7) is 4.32. The molecule has 0 aromatic heterocycles. The lowest BCUT2D eigenvalue weighted by Crippen LogP contribution is -2.27. The van der Waals surface area contributed by atoms with Crippen LogP contribution >= 0.6 is 0 Å². The van der Waals surface area contributed by atoms with Crippen LogP contribution in [-0.4, -0.2) is 33.5 Å². The quantitative estimate of drug-likeness (QED) is 0.569. The maximum Gasteiger partial charge on any atom is 0.300 e. The fourth-order valence-corrected chi connectivity index (χ4v) is 4.78. The van der Waals surface area contributed by atoms with Gasteiger partial charge in [0.1, 0.15) is 22.8 Å². The molecule has 0 atom stereocenters. The highest BCUT2D eigenvalue weighted by molar-refractivity contribution is 6.05. The van der Waals surface area contributed by atoms with E-state index in [1.54, 1.807) is 24.8 Å². The molecule has 0 unspecified atom stereocenters. The van der Waals surface area contributed by atoms with E-state index in [4.69, 9.17) is 4.74 Å². The Hall–Kier alpha value is -3.66. The minimum absolute atomic E-state index is 0.0568. The molecule has 2 aromatic rings. The number of phenolic OH excluding ortho intramolecular Hbond substituents is 2. The van der Waals surface area contributed by atoms with Crippen molar-refractivity contribution in [2.45, 2.75) is 59.0 Å². The Balaban J connectivity index is 1.59. The third-order valence-electron chi connectivity index (χ3n) is 6.64. The fraction of sp³-hybridized carbons (Fsp3) is 0.407. The van der Waals surface area contributed by atoms with Crippen LogP contribution in [0.25, 0.3) is 0 Å². The van der Waals surface area contributed by atoms with E-state index < -0.39 is 5.91 Å². The molecule has 7 nitrogen and oxygen atoms in total. The van der Waals surface area contributed by atoms with Gasteiger partial charge in [-0.3, -0.25) is 9.59 Å². The van der Waals surface area contributed by atoms with Crippen molar-refractivity contribution in [3.8, 4) is 29.1 Å². The standard InChI is InChI=1S/C27H30N2O5/c1-3-8-24(32)28-21-12-7-11-19-14-29(15-20(19)21)27(33)25-23(31)13-22(30)17(2)26(25)34-16-18-9-5-4-6-10-18/h7,11-13,18,30-31H,4-6,9-10,14-16H2,1-2H3,(H,28,32). The number of carbonyl (C=O) groups is 2. The number of hydrogen-bond donors (Lipinski definition) is 3. The molecule has 1 saturated carbocycles. The van der Waals surface area contributed by atoms with Gasteiger partial charge in [0.2, 0.25) is 0 Å². The number of nitrogens with one attached hydrogen (secondary N) is 1. The van der Waals surface area contributed by atoms with Crippen LogP contribution in [0.2, 0.25) is 0 Å². The number of hydrogen-bond acceptors (Lipinski definition) is 5. The molecule has 2 aromatic carbocycles. The van der Waals surface area contributed by atoms with Crippen molar-refractivity contribution in [1.29, 1.82) is 0 Å². The van der Waals surface area contributed by atoms with E-state index in [-0.39, 0.29) is 35.3 Å². The number of aromatic hydroxyl groups is 2. The van der Waals surface area contributed by atoms with Crippen LogP contribution in [0.15, 0.2) is 24.3 Å². The third kappa shape index (κ3) is 4.81. The second kappa shape index (κ2) is 10.1. The summed E-state index contributed by atoms with van der Waals surface area (Å²) in [5, 5.41) is 23.7. The number of fused-ring (bicyclic) bond motifs is 1. The number of amides is 2. The van der Waals surface area contributed by atoms with E-state index in [0.29, 0.717) is 30.3 Å². The summed E-state index contributed by atoms with van der Waals surface area (Å²) in [6.07, 6.45) is 5.71. The topological polar surface area (TPSA) is 99.1 Å². The van der Waals surface area contributed by atoms with Crippen LogP contribution in [0.1, 0.15) is 66.1 Å². The summed E-state index contributed by atoms with van der Waals surface area (Å²) >= 11 is 0. The third-order valence-corrected chi connectivity index (χ3v) is 6.64. The number of ether oxygens (including phenoxy) is 1. The molecule has 178 valence electrons. The smallest absolute Gasteiger partial charge is 0.300 e. The van der Waals surface area contributed by atoms with Gasteiger partial charge < -0.3 is 25.2 Å². The molecule has 4 rings (SSSR count). The first kappa shape index (κ1) is 23.5. The Bertz CT molecular complexity index is 1170. The lowest BCUT2D eigenvalue weighted by Gasteiger charge is -2.25. The van der Waals surface area contributed by atoms with Crippen molar-refractivity contribution in [3.05, 3.63) is 46.5 Å². The number of anilines is 1. The van der Waals surface area contributed by atoms with Crippen molar-refractivity contribution >= 4 is 17.5 Å². The van der Waals surface area contributed by atoms with Crippen molar-refractivity contribution < 1.29 is 24.5 Å². The molecular weight excluding hydrogens is 432 g/mol. The van der Waals surface area contributed by atoms with Gasteiger partial charge in [-0.1, -0.05) is 37.3 Å². The minimum Gasteiger partial charge on any atom is -0.507 e. The molecule has 34 heavy (non-hydrogen) atoms. The maximum absolute atomic E-state index is 13.6. The SMILES string of the molecule is CC#CC(=O)Nc1cccc2c1CN(C(=O)c1c(O)cc(O)c(C)c1OCC1CCCCC1)C2. The van der Waals surface area contributed by atoms with Crippen LogP contribution in [0.4, 0.5) is 5.69 Å². The summed E-state index contributed by atoms with van der Waals surface area (Å²) in [4.78, 5) is 27.2. The van der Waals surface area contributed by atoms with Gasteiger partial charge in [0.25, 0.3) is 11.8 Å². The summed E-state index contributed by atoms with van der Waals surface area (Å²) in [6, 6.07) is 6.70. The van der Waals surface area contributed by atoms with Crippen LogP contribution in [0, 0.1) is 24.7 Å². The first-order chi connectivity index (χ1) is 16.4. The zero-order valence-corrected chi connectivity index (χ0v) is 19.6. The van der Waals surface area contributed by atoms with Crippen LogP contribution in [0.5, 0.6) is 17.2 Å². The zero-order chi connectivity index (χ0) is 24.2. The Labute approximate surface area is 199 Å². The Kier molecular flexibility index (Phi) is 6.97. The summed E-state index contributed by atoms with van der Waals surface area (Å²) in [5.74, 6) is 4.44. The number of carbonyl (C=O) groups excluding carboxylic acids is 2. The molecule has 1 heterocycles. The molecule has 0 bridgehead atoms. The van der Waals surface area contributed by atoms with Gasteiger partial charge in [-0.05, 0) is 50.2 Å². The van der Waals surface area contributed by atoms with Gasteiger partial charge in [0, 0.05) is 36.0 Å². The van der Waals surface area contributed by atoms with E-state index in [1.807, 2.05) is 12.1 Å². The number of benzene rings is 2. The fourth-order valence-electron chi connectivity index (χ4n) is 4.78. The number of nitrogens with zero attached hydrogens (tertiary/aromatic N) is 1. The van der Waals surface area contributed by atoms with E-state index >= 15 is 0 Å². The summed E-state index contributed by atoms with van der Waals surface area (Å²) in [5.41, 5.74) is 2.85. The lowest BCUT2D eigenvalue weighted by atomic mass is 9.90. The van der Waals surface area contributed by atoms with E-state index in [9.17, 15) is 19.8 Å². The van der Waals surface area contributed by atoms with Gasteiger partial charge in [-0.15, -0.1) is 0 Å². The maximum atomic E-state index is 13.6. The van der Waals surface area contributed by atoms with Crippen LogP contribution in [-0.2, 0) is 17.9 Å². The van der Waals surface area contributed by atoms with Gasteiger partial charge in [-0.25, -0.2) is 0 Å². The first-order valence-corrected chi connectivity index (χ1v) is 11.7. The minimum atomic E-state index is -0.411. The molecule has 2 amide bonds. The second-order valence-electron chi connectivity index (χ2n) is 8.99. The van der Waals surface area contributed by atoms with Gasteiger partial charge in [0.05, 0.1) is 6.61 Å². The molecule has 1 aliphatic heterocycles. The highest BCUT2D eigenvalue weighted by Crippen LogP contribution is 2.41. The summed E-state index contributed by atoms with van der Waals surface area (Å²) < 4.78 is 6.09. The summed E-state index contributed by atoms with van der Waals surface area (Å²) in [7, 11) is 0. The Morgan fingerprint density at radius 3 is 2.65 bits per heavy atom. The van der Waals surface area contributed by atoms with Gasteiger partial charge in [0.15, 0.2) is 0 Å². The molecule has 0 spiro atoms. The van der Waals surface area contributed by atoms with Gasteiger partial charge in [-0.2, -0.15) is 0 Å². The lowest BCUT2D eigenvalue weighted by molar-refractivity contribution is -0.111. The molecule has 0 saturated heterocycles. The average Bonchev–Trinajstić information content (AvgIpc) is 3.26. The monoisotopic (exact) mass is 462 g/mol. The van der Waals surface area contributed by atoms with E-state index in [2.05, 4.69) is 17.2 Å². The Morgan fingerprint density at radius 2 is 1.91 bits per heavy atom. The Morgan fingerprint density at radius 1 is 1.15 bits per heavy atom. The predicted octanol–water partition coefficient (Wildman–Crippen LogP) is 4.48. The van der Waals surface area contributed by atoms with Crippen LogP contribution in [0.3, 0.4) is 0 Å². The normalized spacial score (nSPS) is 15.3. The molecule has 0 radical (unpaired) electrons. The van der Waals surface area contributed by atoms with Crippen molar-refractivity contribution in [1.82, 2.24) is 4.90 Å². The van der Waals surface area contributed by atoms with Gasteiger partial charge >= 0.3 is 0 Å².